The maximum Gasteiger partial charge on any atom is 0.307 e. The highest BCUT2D eigenvalue weighted by Gasteiger charge is 2.34. The monoisotopic (exact) mass is 872 g/mol. The highest BCUT2D eigenvalue weighted by atomic mass is 16.4. The zero-order chi connectivity index (χ0) is 44.6. The van der Waals surface area contributed by atoms with Gasteiger partial charge >= 0.3 is 17.9 Å². The van der Waals surface area contributed by atoms with Crippen LogP contribution in [-0.2, 0) is 74.4 Å². The number of aliphatic carboxylic acids is 3. The van der Waals surface area contributed by atoms with Gasteiger partial charge in [0, 0.05) is 60.0 Å². The molecule has 0 spiro atoms. The van der Waals surface area contributed by atoms with Crippen molar-refractivity contribution in [1.29, 1.82) is 0 Å². The highest BCUT2D eigenvalue weighted by Crippen LogP contribution is 2.30. The van der Waals surface area contributed by atoms with Crippen molar-refractivity contribution in [3.8, 4) is 0 Å². The summed E-state index contributed by atoms with van der Waals surface area (Å²) in [6.45, 7) is 6.45. The minimum atomic E-state index is -0.782. The molecule has 0 aliphatic carbocycles. The molecule has 6 unspecified atom stereocenters. The summed E-state index contributed by atoms with van der Waals surface area (Å²) in [4.78, 5) is 54.3. The van der Waals surface area contributed by atoms with Crippen LogP contribution < -0.4 is 16.0 Å². The molecule has 3 saturated heterocycles. The summed E-state index contributed by atoms with van der Waals surface area (Å²) >= 11 is 0. The van der Waals surface area contributed by atoms with Crippen molar-refractivity contribution < 1.29 is 29.7 Å². The first-order valence-electron chi connectivity index (χ1n) is 22.8. The number of hydrogen-bond acceptors (Lipinski definition) is 10. The smallest absolute Gasteiger partial charge is 0.307 e. The standard InChI is InChI=1S/C48H60N10O6/c1-55-40-16-28(4-7-37(40)52-43(55)19-34(46(59)60)31-10-13-49-22-31)25-58(26-29-5-8-38-41(17-29)56(2)44(53-38)20-35(47(61)62)32-11-14-50-23-32)27-30-6-9-39-42(18-30)57(3)45(54-39)21-36(48(63)64)33-12-15-51-24-33/h4-9,16-18,31-36,49-51H,10-15,19-27H2,1-3H3,(H,59,60)(H,61,62)(H,63,64). The van der Waals surface area contributed by atoms with Gasteiger partial charge in [0.15, 0.2) is 0 Å². The van der Waals surface area contributed by atoms with E-state index in [1.807, 2.05) is 53.0 Å². The Hall–Kier alpha value is -5.68. The van der Waals surface area contributed by atoms with Crippen LogP contribution in [0.5, 0.6) is 0 Å². The second kappa shape index (κ2) is 18.4. The summed E-state index contributed by atoms with van der Waals surface area (Å²) in [6.07, 6.45) is 3.64. The molecular formula is C48H60N10O6. The summed E-state index contributed by atoms with van der Waals surface area (Å²) < 4.78 is 6.12. The van der Waals surface area contributed by atoms with Crippen molar-refractivity contribution in [1.82, 2.24) is 49.5 Å². The fourth-order valence-corrected chi connectivity index (χ4v) is 10.7. The zero-order valence-corrected chi connectivity index (χ0v) is 37.0. The maximum atomic E-state index is 12.4. The topological polar surface area (TPSA) is 205 Å². The molecule has 0 bridgehead atoms. The van der Waals surface area contributed by atoms with Gasteiger partial charge in [0.05, 0.1) is 50.9 Å². The van der Waals surface area contributed by atoms with E-state index in [2.05, 4.69) is 57.2 Å². The average Bonchev–Trinajstić information content (AvgIpc) is 4.15. The lowest BCUT2D eigenvalue weighted by Gasteiger charge is -2.23. The average molecular weight is 873 g/mol. The van der Waals surface area contributed by atoms with E-state index in [0.717, 1.165) is 106 Å². The minimum absolute atomic E-state index is 0.0722. The Kier molecular flexibility index (Phi) is 12.5. The normalized spacial score (nSPS) is 20.5. The second-order valence-corrected chi connectivity index (χ2v) is 18.6. The number of carbonyl (C=O) groups is 3. The first kappa shape index (κ1) is 43.6. The second-order valence-electron chi connectivity index (χ2n) is 18.6. The predicted molar refractivity (Wildman–Crippen MR) is 243 cm³/mol. The molecule has 3 aliphatic heterocycles. The number of carboxylic acids is 3. The maximum absolute atomic E-state index is 12.4. The molecule has 9 rings (SSSR count). The zero-order valence-electron chi connectivity index (χ0n) is 37.0. The SMILES string of the molecule is Cn1c(CC(C(=O)O)C2CCNC2)nc2ccc(CN(Cc3ccc4nc(CC(C(=O)O)C5CCNC5)n(C)c4c3)Cc3ccc4nc(CC(C(=O)O)C5CCNC5)n(C)c4c3)cc21. The number of fused-ring (bicyclic) bond motifs is 3. The molecule has 6 aromatic rings. The van der Waals surface area contributed by atoms with Gasteiger partial charge in [-0.3, -0.25) is 19.3 Å². The lowest BCUT2D eigenvalue weighted by atomic mass is 9.88. The van der Waals surface area contributed by atoms with Gasteiger partial charge < -0.3 is 45.0 Å². The molecule has 0 saturated carbocycles. The van der Waals surface area contributed by atoms with E-state index >= 15 is 0 Å². The first-order chi connectivity index (χ1) is 30.9. The lowest BCUT2D eigenvalue weighted by Crippen LogP contribution is -2.28. The van der Waals surface area contributed by atoms with E-state index in [9.17, 15) is 29.7 Å². The van der Waals surface area contributed by atoms with E-state index in [1.165, 1.54) is 0 Å². The number of nitrogens with one attached hydrogen (secondary N) is 3. The van der Waals surface area contributed by atoms with Crippen LogP contribution >= 0.6 is 0 Å². The molecule has 16 heteroatoms. The highest BCUT2D eigenvalue weighted by molar-refractivity contribution is 5.79. The van der Waals surface area contributed by atoms with Crippen LogP contribution in [0.3, 0.4) is 0 Å². The third-order valence-electron chi connectivity index (χ3n) is 14.5. The van der Waals surface area contributed by atoms with Crippen LogP contribution in [0, 0.1) is 35.5 Å². The summed E-state index contributed by atoms with van der Waals surface area (Å²) in [5.41, 5.74) is 8.63. The fraction of sp³-hybridized carbons (Fsp3) is 0.500. The number of carboxylic acid groups (broad SMARTS) is 3. The minimum Gasteiger partial charge on any atom is -0.481 e. The Labute approximate surface area is 372 Å². The van der Waals surface area contributed by atoms with Crippen molar-refractivity contribution in [3.63, 3.8) is 0 Å². The summed E-state index contributed by atoms with van der Waals surface area (Å²) in [7, 11) is 5.91. The quantitative estimate of drug-likeness (QED) is 0.0721. The van der Waals surface area contributed by atoms with Crippen LogP contribution in [0.25, 0.3) is 33.1 Å². The van der Waals surface area contributed by atoms with Gasteiger partial charge in [0.2, 0.25) is 0 Å². The van der Waals surface area contributed by atoms with Crippen molar-refractivity contribution in [2.24, 2.45) is 56.7 Å². The molecule has 6 atom stereocenters. The summed E-state index contributed by atoms with van der Waals surface area (Å²) in [6, 6.07) is 18.9. The number of imidazole rings is 3. The van der Waals surface area contributed by atoms with E-state index in [4.69, 9.17) is 15.0 Å². The number of nitrogens with zero attached hydrogens (tertiary/aromatic N) is 7. The van der Waals surface area contributed by atoms with Crippen molar-refractivity contribution in [3.05, 3.63) is 88.8 Å². The molecule has 3 aliphatic rings. The summed E-state index contributed by atoms with van der Waals surface area (Å²) in [5, 5.41) is 40.4. The van der Waals surface area contributed by atoms with Gasteiger partial charge in [0.1, 0.15) is 17.5 Å². The third-order valence-corrected chi connectivity index (χ3v) is 14.5. The molecule has 6 N–H and O–H groups in total. The Balaban J connectivity index is 1.01. The van der Waals surface area contributed by atoms with Crippen LogP contribution in [0.4, 0.5) is 0 Å². The molecule has 338 valence electrons. The molecule has 3 fully saturated rings. The Morgan fingerprint density at radius 1 is 0.547 bits per heavy atom. The largest absolute Gasteiger partial charge is 0.481 e. The van der Waals surface area contributed by atoms with Crippen LogP contribution in [-0.4, -0.2) is 106 Å². The van der Waals surface area contributed by atoms with Crippen molar-refractivity contribution in [2.75, 3.05) is 39.3 Å². The predicted octanol–water partition coefficient (Wildman–Crippen LogP) is 4.11. The number of hydrogen-bond donors (Lipinski definition) is 6. The van der Waals surface area contributed by atoms with E-state index < -0.39 is 35.7 Å². The molecule has 3 aromatic carbocycles. The number of rotatable bonds is 18. The molecule has 0 amide bonds. The van der Waals surface area contributed by atoms with Crippen LogP contribution in [0.1, 0.15) is 53.4 Å². The van der Waals surface area contributed by atoms with Crippen LogP contribution in [0.15, 0.2) is 54.6 Å². The molecule has 6 heterocycles. The van der Waals surface area contributed by atoms with Gasteiger partial charge in [-0.2, -0.15) is 0 Å². The molecule has 3 aromatic heterocycles. The third kappa shape index (κ3) is 9.01. The van der Waals surface area contributed by atoms with Gasteiger partial charge in [-0.05, 0) is 129 Å². The fourth-order valence-electron chi connectivity index (χ4n) is 10.7. The van der Waals surface area contributed by atoms with Crippen LogP contribution in [0.2, 0.25) is 0 Å². The van der Waals surface area contributed by atoms with Crippen molar-refractivity contribution in [2.45, 2.75) is 58.2 Å². The summed E-state index contributed by atoms with van der Waals surface area (Å²) in [5.74, 6) is -1.36. The Morgan fingerprint density at radius 2 is 0.844 bits per heavy atom. The van der Waals surface area contributed by atoms with Gasteiger partial charge in [0.25, 0.3) is 0 Å². The number of benzene rings is 3. The first-order valence-corrected chi connectivity index (χ1v) is 22.8. The lowest BCUT2D eigenvalue weighted by molar-refractivity contribution is -0.144. The van der Waals surface area contributed by atoms with E-state index in [0.29, 0.717) is 58.5 Å². The number of aryl methyl sites for hydroxylation is 3. The van der Waals surface area contributed by atoms with E-state index in [-0.39, 0.29) is 17.8 Å². The molecule has 0 radical (unpaired) electrons. The van der Waals surface area contributed by atoms with Crippen molar-refractivity contribution >= 4 is 51.0 Å². The van der Waals surface area contributed by atoms with E-state index in [1.54, 1.807) is 0 Å². The molecule has 64 heavy (non-hydrogen) atoms. The Morgan fingerprint density at radius 3 is 1.09 bits per heavy atom. The van der Waals surface area contributed by atoms with Gasteiger partial charge in [-0.1, -0.05) is 18.2 Å². The van der Waals surface area contributed by atoms with Gasteiger partial charge in [-0.15, -0.1) is 0 Å². The van der Waals surface area contributed by atoms with Gasteiger partial charge in [-0.25, -0.2) is 15.0 Å². The Bertz CT molecular complexity index is 2400. The number of aromatic nitrogens is 6. The molecule has 16 nitrogen and oxygen atoms in total. The molecular weight excluding hydrogens is 813 g/mol.